The first-order chi connectivity index (χ1) is 12.5. The van der Waals surface area contributed by atoms with Gasteiger partial charge in [-0.3, -0.25) is 14.9 Å². The molecule has 1 aliphatic rings. The molecule has 136 valence electrons. The second-order valence-electron chi connectivity index (χ2n) is 5.48. The number of aryl methyl sites for hydroxylation is 1. The van der Waals surface area contributed by atoms with E-state index in [2.05, 4.69) is 20.6 Å². The Labute approximate surface area is 158 Å². The Morgan fingerprint density at radius 1 is 1.35 bits per heavy atom. The minimum atomic E-state index is -0.246. The number of amides is 1. The monoisotopic (exact) mass is 390 g/mol. The molecule has 0 saturated carbocycles. The normalized spacial score (nSPS) is 13.3. The van der Waals surface area contributed by atoms with Crippen LogP contribution < -0.4 is 10.6 Å². The fourth-order valence-electron chi connectivity index (χ4n) is 2.58. The highest BCUT2D eigenvalue weighted by molar-refractivity contribution is 8.13. The summed E-state index contributed by atoms with van der Waals surface area (Å²) < 4.78 is 0. The van der Waals surface area contributed by atoms with Gasteiger partial charge in [-0.1, -0.05) is 30.0 Å². The van der Waals surface area contributed by atoms with Gasteiger partial charge in [-0.15, -0.1) is 0 Å². The van der Waals surface area contributed by atoms with Crippen LogP contribution in [0.3, 0.4) is 0 Å². The molecule has 1 aliphatic carbocycles. The molecule has 7 nitrogen and oxygen atoms in total. The third-order valence-electron chi connectivity index (χ3n) is 3.85. The number of anilines is 2. The van der Waals surface area contributed by atoms with Crippen molar-refractivity contribution in [2.45, 2.75) is 19.8 Å². The van der Waals surface area contributed by atoms with Crippen LogP contribution in [-0.2, 0) is 6.42 Å². The van der Waals surface area contributed by atoms with Crippen LogP contribution in [0.25, 0.3) is 5.76 Å². The van der Waals surface area contributed by atoms with Crippen LogP contribution in [0.1, 0.15) is 34.3 Å². The number of rotatable bonds is 5. The molecule has 1 amide bonds. The Morgan fingerprint density at radius 3 is 2.81 bits per heavy atom. The summed E-state index contributed by atoms with van der Waals surface area (Å²) >= 11 is 2.33. The zero-order chi connectivity index (χ0) is 18.7. The standard InChI is InChI=1S/C17H18N4O3S2/c1-3-25-17(24)21-16-20-11-6-5-10(14(23)15(11)26-16)13(22)9-4-7-12(18-2)19-8-9/h4,7-8,23H,3,5-6H2,1-2H3,(H,18,19)(H,20,21,24). The van der Waals surface area contributed by atoms with Gasteiger partial charge < -0.3 is 10.4 Å². The molecule has 0 radical (unpaired) electrons. The number of pyridine rings is 1. The summed E-state index contributed by atoms with van der Waals surface area (Å²) in [6, 6.07) is 3.39. The van der Waals surface area contributed by atoms with Crippen molar-refractivity contribution in [2.24, 2.45) is 0 Å². The summed E-state index contributed by atoms with van der Waals surface area (Å²) in [5, 5.41) is 16.4. The van der Waals surface area contributed by atoms with Crippen LogP contribution in [-0.4, -0.2) is 38.9 Å². The summed E-state index contributed by atoms with van der Waals surface area (Å²) in [5.41, 5.74) is 1.47. The van der Waals surface area contributed by atoms with Gasteiger partial charge in [0.25, 0.3) is 5.24 Å². The number of aliphatic hydroxyl groups is 1. The fraction of sp³-hybridized carbons (Fsp3) is 0.294. The molecule has 9 heteroatoms. The molecule has 0 spiro atoms. The summed E-state index contributed by atoms with van der Waals surface area (Å²) in [5.74, 6) is 1.03. The van der Waals surface area contributed by atoms with Crippen molar-refractivity contribution in [3.8, 4) is 0 Å². The maximum absolute atomic E-state index is 12.7. The molecule has 3 N–H and O–H groups in total. The van der Waals surface area contributed by atoms with Gasteiger partial charge in [0.2, 0.25) is 0 Å². The number of thiazole rings is 1. The van der Waals surface area contributed by atoms with Crippen LogP contribution >= 0.6 is 23.1 Å². The first kappa shape index (κ1) is 18.4. The van der Waals surface area contributed by atoms with Crippen molar-refractivity contribution in [1.82, 2.24) is 9.97 Å². The second kappa shape index (κ2) is 7.88. The molecule has 0 aromatic carbocycles. The smallest absolute Gasteiger partial charge is 0.285 e. The number of ketones is 1. The number of fused-ring (bicyclic) bond motifs is 1. The number of hydrogen-bond donors (Lipinski definition) is 3. The number of aliphatic hydroxyl groups excluding tert-OH is 1. The predicted molar refractivity (Wildman–Crippen MR) is 105 cm³/mol. The number of nitrogens with one attached hydrogen (secondary N) is 2. The molecule has 0 aliphatic heterocycles. The van der Waals surface area contributed by atoms with E-state index in [0.29, 0.717) is 51.3 Å². The maximum atomic E-state index is 12.7. The lowest BCUT2D eigenvalue weighted by molar-refractivity contribution is 0.102. The number of hydrogen-bond acceptors (Lipinski definition) is 8. The van der Waals surface area contributed by atoms with E-state index in [0.717, 1.165) is 11.8 Å². The number of aromatic nitrogens is 2. The molecule has 0 bridgehead atoms. The number of carbonyl (C=O) groups is 2. The van der Waals surface area contributed by atoms with Crippen molar-refractivity contribution >= 4 is 50.8 Å². The van der Waals surface area contributed by atoms with E-state index in [1.54, 1.807) is 19.2 Å². The van der Waals surface area contributed by atoms with Crippen molar-refractivity contribution in [1.29, 1.82) is 0 Å². The quantitative estimate of drug-likeness (QED) is 0.664. The third-order valence-corrected chi connectivity index (χ3v) is 5.52. The number of Topliss-reactive ketones (excluding diaryl/α,β-unsaturated/α-hetero) is 1. The second-order valence-corrected chi connectivity index (χ2v) is 7.71. The van der Waals surface area contributed by atoms with E-state index in [9.17, 15) is 14.7 Å². The van der Waals surface area contributed by atoms with Gasteiger partial charge in [0, 0.05) is 24.4 Å². The van der Waals surface area contributed by atoms with E-state index < -0.39 is 0 Å². The molecule has 0 unspecified atom stereocenters. The van der Waals surface area contributed by atoms with Gasteiger partial charge in [0.05, 0.1) is 10.6 Å². The number of nitrogens with zero attached hydrogens (tertiary/aromatic N) is 2. The zero-order valence-electron chi connectivity index (χ0n) is 14.3. The molecule has 2 heterocycles. The fourth-order valence-corrected chi connectivity index (χ4v) is 4.06. The molecule has 2 aromatic heterocycles. The zero-order valence-corrected chi connectivity index (χ0v) is 16.0. The Balaban J connectivity index is 1.85. The number of thioether (sulfide) groups is 1. The van der Waals surface area contributed by atoms with Gasteiger partial charge in [-0.05, 0) is 30.7 Å². The highest BCUT2D eigenvalue weighted by Gasteiger charge is 2.28. The first-order valence-electron chi connectivity index (χ1n) is 8.08. The van der Waals surface area contributed by atoms with E-state index >= 15 is 0 Å². The lowest BCUT2D eigenvalue weighted by Gasteiger charge is -2.14. The largest absolute Gasteiger partial charge is 0.506 e. The Morgan fingerprint density at radius 2 is 2.15 bits per heavy atom. The van der Waals surface area contributed by atoms with E-state index in [4.69, 9.17) is 0 Å². The highest BCUT2D eigenvalue weighted by atomic mass is 32.2. The average Bonchev–Trinajstić information content (AvgIpc) is 3.05. The van der Waals surface area contributed by atoms with E-state index in [1.165, 1.54) is 17.5 Å². The van der Waals surface area contributed by atoms with Crippen molar-refractivity contribution in [2.75, 3.05) is 23.4 Å². The maximum Gasteiger partial charge on any atom is 0.285 e. The predicted octanol–water partition coefficient (Wildman–Crippen LogP) is 3.96. The van der Waals surface area contributed by atoms with Gasteiger partial charge in [0.1, 0.15) is 11.6 Å². The molecule has 2 aromatic rings. The van der Waals surface area contributed by atoms with Gasteiger partial charge in [-0.2, -0.15) is 0 Å². The van der Waals surface area contributed by atoms with Crippen LogP contribution in [0.4, 0.5) is 15.7 Å². The van der Waals surface area contributed by atoms with Gasteiger partial charge in [0.15, 0.2) is 10.9 Å². The minimum absolute atomic E-state index is 0.0601. The summed E-state index contributed by atoms with van der Waals surface area (Å²) in [6.07, 6.45) is 2.42. The minimum Gasteiger partial charge on any atom is -0.506 e. The van der Waals surface area contributed by atoms with Gasteiger partial charge >= 0.3 is 0 Å². The summed E-state index contributed by atoms with van der Waals surface area (Å²) in [4.78, 5) is 33.5. The molecule has 3 rings (SSSR count). The lowest BCUT2D eigenvalue weighted by atomic mass is 9.93. The molecule has 0 atom stereocenters. The van der Waals surface area contributed by atoms with Crippen molar-refractivity contribution < 1.29 is 14.7 Å². The SMILES string of the molecule is CCSC(=O)Nc1nc2c(s1)C(O)=C(C(=O)c1ccc(NC)nc1)CC2. The Kier molecular flexibility index (Phi) is 5.58. The number of carbonyl (C=O) groups excluding carboxylic acids is 2. The van der Waals surface area contributed by atoms with Gasteiger partial charge in [-0.25, -0.2) is 9.97 Å². The van der Waals surface area contributed by atoms with Crippen LogP contribution in [0.5, 0.6) is 0 Å². The molecular weight excluding hydrogens is 372 g/mol. The van der Waals surface area contributed by atoms with Crippen molar-refractivity contribution in [3.05, 3.63) is 40.0 Å². The molecule has 0 fully saturated rings. The van der Waals surface area contributed by atoms with Crippen LogP contribution in [0.15, 0.2) is 23.9 Å². The summed E-state index contributed by atoms with van der Waals surface area (Å²) in [6.45, 7) is 1.89. The third kappa shape index (κ3) is 3.73. The molecular formula is C17H18N4O3S2. The lowest BCUT2D eigenvalue weighted by Crippen LogP contribution is -2.12. The van der Waals surface area contributed by atoms with Crippen LogP contribution in [0.2, 0.25) is 0 Å². The van der Waals surface area contributed by atoms with E-state index in [1.807, 2.05) is 6.92 Å². The average molecular weight is 390 g/mol. The van der Waals surface area contributed by atoms with Crippen molar-refractivity contribution in [3.63, 3.8) is 0 Å². The highest BCUT2D eigenvalue weighted by Crippen LogP contribution is 2.37. The number of allylic oxidation sites excluding steroid dienone is 1. The first-order valence-corrected chi connectivity index (χ1v) is 9.88. The molecule has 0 saturated heterocycles. The summed E-state index contributed by atoms with van der Waals surface area (Å²) in [7, 11) is 1.75. The molecule has 26 heavy (non-hydrogen) atoms. The topological polar surface area (TPSA) is 104 Å². The Bertz CT molecular complexity index is 875. The Hall–Kier alpha value is -2.39. The van der Waals surface area contributed by atoms with E-state index in [-0.39, 0.29) is 16.8 Å². The van der Waals surface area contributed by atoms with Crippen LogP contribution in [0, 0.1) is 0 Å².